The van der Waals surface area contributed by atoms with E-state index in [2.05, 4.69) is 16.0 Å². The molecule has 0 aromatic carbocycles. The predicted octanol–water partition coefficient (Wildman–Crippen LogP) is 2.30. The Bertz CT molecular complexity index is 885. The summed E-state index contributed by atoms with van der Waals surface area (Å²) in [6, 6.07) is 4.09. The molecule has 4 rings (SSSR count). The minimum absolute atomic E-state index is 0.0291. The third-order valence-electron chi connectivity index (χ3n) is 5.50. The largest absolute Gasteiger partial charge is 0.395 e. The lowest BCUT2D eigenvalue weighted by atomic mass is 10.2. The van der Waals surface area contributed by atoms with Crippen molar-refractivity contribution in [1.82, 2.24) is 14.5 Å². The van der Waals surface area contributed by atoms with Crippen molar-refractivity contribution in [3.63, 3.8) is 0 Å². The average Bonchev–Trinajstić information content (AvgIpc) is 3.11. The SMILES string of the molecule is O=S(=O)(CC1CC1)c1ncc(CN(CCO)Cc2cccs2)n1C[C@@H]1CCCO1. The zero-order valence-electron chi connectivity index (χ0n) is 16.6. The van der Waals surface area contributed by atoms with E-state index in [4.69, 9.17) is 4.74 Å². The summed E-state index contributed by atoms with van der Waals surface area (Å²) in [7, 11) is -3.42. The highest BCUT2D eigenvalue weighted by atomic mass is 32.2. The smallest absolute Gasteiger partial charge is 0.227 e. The zero-order chi connectivity index (χ0) is 20.3. The molecule has 2 aliphatic rings. The van der Waals surface area contributed by atoms with Crippen molar-refractivity contribution in [3.8, 4) is 0 Å². The first kappa shape index (κ1) is 21.0. The molecule has 1 saturated carbocycles. The van der Waals surface area contributed by atoms with Crippen LogP contribution in [-0.2, 0) is 34.2 Å². The molecule has 2 fully saturated rings. The number of aliphatic hydroxyl groups is 1. The quantitative estimate of drug-likeness (QED) is 0.578. The van der Waals surface area contributed by atoms with Crippen molar-refractivity contribution in [2.45, 2.75) is 56.6 Å². The number of nitrogens with zero attached hydrogens (tertiary/aromatic N) is 3. The molecule has 1 atom stereocenters. The molecule has 0 amide bonds. The van der Waals surface area contributed by atoms with Gasteiger partial charge in [-0.2, -0.15) is 0 Å². The Morgan fingerprint density at radius 2 is 2.17 bits per heavy atom. The van der Waals surface area contributed by atoms with E-state index in [1.165, 1.54) is 4.88 Å². The number of aromatic nitrogens is 2. The first-order valence-electron chi connectivity index (χ1n) is 10.3. The Balaban J connectivity index is 1.58. The van der Waals surface area contributed by atoms with E-state index in [-0.39, 0.29) is 29.5 Å². The number of hydrogen-bond acceptors (Lipinski definition) is 7. The fourth-order valence-electron chi connectivity index (χ4n) is 3.83. The molecule has 2 aromatic rings. The third kappa shape index (κ3) is 5.46. The number of hydrogen-bond donors (Lipinski definition) is 1. The van der Waals surface area contributed by atoms with Crippen LogP contribution in [0.25, 0.3) is 0 Å². The maximum absolute atomic E-state index is 13.0. The number of imidazole rings is 1. The van der Waals surface area contributed by atoms with Crippen molar-refractivity contribution in [3.05, 3.63) is 34.3 Å². The fraction of sp³-hybridized carbons (Fsp3) is 0.650. The molecule has 160 valence electrons. The van der Waals surface area contributed by atoms with E-state index in [0.29, 0.717) is 26.2 Å². The van der Waals surface area contributed by atoms with Crippen LogP contribution in [-0.4, -0.2) is 59.6 Å². The average molecular weight is 440 g/mol. The van der Waals surface area contributed by atoms with Gasteiger partial charge in [-0.1, -0.05) is 6.07 Å². The highest BCUT2D eigenvalue weighted by Gasteiger charge is 2.33. The molecular weight excluding hydrogens is 410 g/mol. The second-order valence-electron chi connectivity index (χ2n) is 8.02. The van der Waals surface area contributed by atoms with E-state index >= 15 is 0 Å². The zero-order valence-corrected chi connectivity index (χ0v) is 18.2. The summed E-state index contributed by atoms with van der Waals surface area (Å²) in [5, 5.41) is 11.7. The molecule has 0 spiro atoms. The topological polar surface area (TPSA) is 84.7 Å². The van der Waals surface area contributed by atoms with Gasteiger partial charge in [0, 0.05) is 31.1 Å². The highest BCUT2D eigenvalue weighted by Crippen LogP contribution is 2.32. The van der Waals surface area contributed by atoms with Crippen LogP contribution < -0.4 is 0 Å². The van der Waals surface area contributed by atoms with Gasteiger partial charge in [-0.15, -0.1) is 11.3 Å². The minimum Gasteiger partial charge on any atom is -0.395 e. The van der Waals surface area contributed by atoms with Crippen LogP contribution in [0.5, 0.6) is 0 Å². The summed E-state index contributed by atoms with van der Waals surface area (Å²) in [6.45, 7) is 3.07. The first-order chi connectivity index (χ1) is 14.0. The summed E-state index contributed by atoms with van der Waals surface area (Å²) in [6.07, 6.45) is 5.64. The van der Waals surface area contributed by atoms with Crippen LogP contribution in [0.15, 0.2) is 28.9 Å². The normalized spacial score (nSPS) is 20.0. The van der Waals surface area contributed by atoms with Gasteiger partial charge >= 0.3 is 0 Å². The summed E-state index contributed by atoms with van der Waals surface area (Å²) >= 11 is 1.68. The molecule has 0 bridgehead atoms. The second-order valence-corrected chi connectivity index (χ2v) is 11.0. The van der Waals surface area contributed by atoms with E-state index < -0.39 is 9.84 Å². The van der Waals surface area contributed by atoms with Crippen molar-refractivity contribution in [2.75, 3.05) is 25.5 Å². The summed E-state index contributed by atoms with van der Waals surface area (Å²) < 4.78 is 33.6. The van der Waals surface area contributed by atoms with E-state index in [9.17, 15) is 13.5 Å². The van der Waals surface area contributed by atoms with Crippen LogP contribution in [0.2, 0.25) is 0 Å². The Morgan fingerprint density at radius 3 is 2.83 bits per heavy atom. The minimum atomic E-state index is -3.42. The number of ether oxygens (including phenoxy) is 1. The van der Waals surface area contributed by atoms with Gasteiger partial charge in [0.05, 0.1) is 36.9 Å². The lowest BCUT2D eigenvalue weighted by molar-refractivity contribution is 0.0928. The number of aliphatic hydroxyl groups excluding tert-OH is 1. The molecule has 2 aromatic heterocycles. The lowest BCUT2D eigenvalue weighted by Gasteiger charge is -2.23. The number of rotatable bonds is 11. The van der Waals surface area contributed by atoms with Crippen molar-refractivity contribution < 1.29 is 18.3 Å². The molecule has 1 saturated heterocycles. The monoisotopic (exact) mass is 439 g/mol. The standard InChI is InChI=1S/C20H29N3O4S2/c24-8-7-22(14-19-4-2-10-28-19)12-17-11-21-20(29(25,26)15-16-5-6-16)23(17)13-18-3-1-9-27-18/h2,4,10-11,16,18,24H,1,3,5-9,12-15H2/t18-/m0/s1. The van der Waals surface area contributed by atoms with Gasteiger partial charge < -0.3 is 14.4 Å². The van der Waals surface area contributed by atoms with E-state index in [1.807, 2.05) is 16.0 Å². The van der Waals surface area contributed by atoms with Gasteiger partial charge in [-0.3, -0.25) is 4.90 Å². The predicted molar refractivity (Wildman–Crippen MR) is 111 cm³/mol. The van der Waals surface area contributed by atoms with Crippen molar-refractivity contribution in [1.29, 1.82) is 0 Å². The first-order valence-corrected chi connectivity index (χ1v) is 12.8. The summed E-state index contributed by atoms with van der Waals surface area (Å²) in [5.74, 6) is 0.464. The van der Waals surface area contributed by atoms with Gasteiger partial charge in [0.15, 0.2) is 0 Å². The maximum Gasteiger partial charge on any atom is 0.227 e. The van der Waals surface area contributed by atoms with Crippen LogP contribution in [0.1, 0.15) is 36.3 Å². The molecule has 0 radical (unpaired) electrons. The Morgan fingerprint density at radius 1 is 1.31 bits per heavy atom. The molecule has 9 heteroatoms. The number of thiophene rings is 1. The molecule has 0 unspecified atom stereocenters. The van der Waals surface area contributed by atoms with Gasteiger partial charge in [0.2, 0.25) is 15.0 Å². The Hall–Kier alpha value is -1.26. The van der Waals surface area contributed by atoms with Crippen molar-refractivity contribution in [2.24, 2.45) is 5.92 Å². The van der Waals surface area contributed by atoms with E-state index in [1.54, 1.807) is 17.5 Å². The number of sulfone groups is 1. The Kier molecular flexibility index (Phi) is 6.70. The van der Waals surface area contributed by atoms with Crippen LogP contribution in [0.3, 0.4) is 0 Å². The van der Waals surface area contributed by atoms with Crippen LogP contribution >= 0.6 is 11.3 Å². The lowest BCUT2D eigenvalue weighted by Crippen LogP contribution is -2.29. The van der Waals surface area contributed by atoms with E-state index in [0.717, 1.165) is 38.0 Å². The molecule has 3 heterocycles. The summed E-state index contributed by atoms with van der Waals surface area (Å²) in [5.41, 5.74) is 0.861. The molecule has 1 aliphatic carbocycles. The van der Waals surface area contributed by atoms with Crippen molar-refractivity contribution >= 4 is 21.2 Å². The van der Waals surface area contributed by atoms with Gasteiger partial charge in [-0.05, 0) is 43.0 Å². The van der Waals surface area contributed by atoms with Crippen LogP contribution in [0.4, 0.5) is 0 Å². The molecule has 7 nitrogen and oxygen atoms in total. The Labute approximate surface area is 176 Å². The maximum atomic E-state index is 13.0. The third-order valence-corrected chi connectivity index (χ3v) is 8.16. The van der Waals surface area contributed by atoms with Gasteiger partial charge in [0.25, 0.3) is 0 Å². The molecule has 29 heavy (non-hydrogen) atoms. The molecule has 1 aliphatic heterocycles. The van der Waals surface area contributed by atoms with Crippen LogP contribution in [0, 0.1) is 5.92 Å². The summed E-state index contributed by atoms with van der Waals surface area (Å²) in [4.78, 5) is 7.70. The second kappa shape index (κ2) is 9.26. The molecule has 1 N–H and O–H groups in total. The molecular formula is C20H29N3O4S2. The van der Waals surface area contributed by atoms with Gasteiger partial charge in [0.1, 0.15) is 0 Å². The van der Waals surface area contributed by atoms with Gasteiger partial charge in [-0.25, -0.2) is 13.4 Å². The highest BCUT2D eigenvalue weighted by molar-refractivity contribution is 7.91. The fourth-order valence-corrected chi connectivity index (χ4v) is 6.42.